The summed E-state index contributed by atoms with van der Waals surface area (Å²) in [6, 6.07) is 2.00. The quantitative estimate of drug-likeness (QED) is 0.767. The van der Waals surface area contributed by atoms with E-state index in [2.05, 4.69) is 54.8 Å². The minimum Gasteiger partial charge on any atom is -0.480 e. The van der Waals surface area contributed by atoms with Crippen molar-refractivity contribution < 1.29 is 9.16 Å². The minimum absolute atomic E-state index is 0.226. The van der Waals surface area contributed by atoms with Crippen molar-refractivity contribution in [3.8, 4) is 5.88 Å². The molecule has 1 rings (SSSR count). The fraction of sp³-hybridized carbons (Fsp3) is 0.615. The van der Waals surface area contributed by atoms with Crippen LogP contribution in [0.5, 0.6) is 5.88 Å². The van der Waals surface area contributed by atoms with Gasteiger partial charge in [-0.2, -0.15) is 0 Å². The number of hydrogen-bond donors (Lipinski definition) is 0. The zero-order chi connectivity index (χ0) is 14.0. The fourth-order valence-electron chi connectivity index (χ4n) is 1.17. The van der Waals surface area contributed by atoms with Gasteiger partial charge in [0.15, 0.2) is 8.32 Å². The molecule has 0 atom stereocenters. The van der Waals surface area contributed by atoms with Crippen molar-refractivity contribution in [3.05, 3.63) is 22.3 Å². The number of aromatic nitrogens is 1. The smallest absolute Gasteiger partial charge is 0.227 e. The van der Waals surface area contributed by atoms with Gasteiger partial charge in [-0.05, 0) is 45.7 Å². The topological polar surface area (TPSA) is 31.4 Å². The average Bonchev–Trinajstić information content (AvgIpc) is 2.25. The highest BCUT2D eigenvalue weighted by Crippen LogP contribution is 2.37. The minimum atomic E-state index is -1.70. The molecular weight excluding hydrogens is 310 g/mol. The van der Waals surface area contributed by atoms with Gasteiger partial charge in [0, 0.05) is 6.20 Å². The molecule has 1 aromatic heterocycles. The Hall–Kier alpha value is -0.393. The Balaban J connectivity index is 2.73. The maximum Gasteiger partial charge on any atom is 0.227 e. The van der Waals surface area contributed by atoms with Crippen molar-refractivity contribution in [1.82, 2.24) is 4.98 Å². The molecule has 0 aliphatic rings. The molecule has 0 N–H and O–H groups in total. The SMILES string of the molecule is COc1ncc(CO[Si](C)(C)C(C)(C)C)cc1Br. The normalized spacial score (nSPS) is 12.6. The monoisotopic (exact) mass is 331 g/mol. The number of hydrogen-bond acceptors (Lipinski definition) is 3. The molecule has 0 aliphatic carbocycles. The second-order valence-corrected chi connectivity index (χ2v) is 11.5. The molecule has 0 spiro atoms. The van der Waals surface area contributed by atoms with E-state index in [9.17, 15) is 0 Å². The van der Waals surface area contributed by atoms with Crippen LogP contribution in [-0.2, 0) is 11.0 Å². The summed E-state index contributed by atoms with van der Waals surface area (Å²) in [6.45, 7) is 11.8. The lowest BCUT2D eigenvalue weighted by Gasteiger charge is -2.36. The van der Waals surface area contributed by atoms with Gasteiger partial charge in [-0.25, -0.2) is 4.98 Å². The van der Waals surface area contributed by atoms with Gasteiger partial charge in [-0.15, -0.1) is 0 Å². The lowest BCUT2D eigenvalue weighted by atomic mass is 10.2. The Bertz CT molecular complexity index is 416. The zero-order valence-corrected chi connectivity index (χ0v) is 14.6. The predicted molar refractivity (Wildman–Crippen MR) is 80.5 cm³/mol. The van der Waals surface area contributed by atoms with Crippen molar-refractivity contribution in [2.75, 3.05) is 7.11 Å². The van der Waals surface area contributed by atoms with E-state index in [1.807, 2.05) is 6.07 Å². The molecule has 1 heterocycles. The number of pyridine rings is 1. The number of methoxy groups -OCH3 is 1. The molecule has 18 heavy (non-hydrogen) atoms. The predicted octanol–water partition coefficient (Wildman–Crippen LogP) is 4.37. The Morgan fingerprint density at radius 1 is 1.33 bits per heavy atom. The van der Waals surface area contributed by atoms with Crippen LogP contribution in [0.15, 0.2) is 16.7 Å². The van der Waals surface area contributed by atoms with Crippen molar-refractivity contribution in [2.24, 2.45) is 0 Å². The molecule has 0 radical (unpaired) electrons. The number of nitrogens with zero attached hydrogens (tertiary/aromatic N) is 1. The molecule has 5 heteroatoms. The molecular formula is C13H22BrNO2Si. The van der Waals surface area contributed by atoms with Gasteiger partial charge in [-0.3, -0.25) is 0 Å². The van der Waals surface area contributed by atoms with E-state index in [1.54, 1.807) is 13.3 Å². The first kappa shape index (κ1) is 15.7. The van der Waals surface area contributed by atoms with Crippen LogP contribution in [-0.4, -0.2) is 20.4 Å². The molecule has 102 valence electrons. The largest absolute Gasteiger partial charge is 0.480 e. The standard InChI is InChI=1S/C13H22BrNO2Si/c1-13(2,3)18(5,6)17-9-10-7-11(14)12(16-4)15-8-10/h7-8H,9H2,1-6H3. The van der Waals surface area contributed by atoms with Crippen molar-refractivity contribution in [3.63, 3.8) is 0 Å². The molecule has 0 saturated heterocycles. The van der Waals surface area contributed by atoms with Crippen LogP contribution >= 0.6 is 15.9 Å². The van der Waals surface area contributed by atoms with E-state index >= 15 is 0 Å². The van der Waals surface area contributed by atoms with Crippen molar-refractivity contribution in [2.45, 2.75) is 45.5 Å². The third kappa shape index (κ3) is 3.80. The first-order valence-electron chi connectivity index (χ1n) is 6.00. The van der Waals surface area contributed by atoms with E-state index in [-0.39, 0.29) is 5.04 Å². The number of rotatable bonds is 4. The van der Waals surface area contributed by atoms with Crippen LogP contribution in [0.1, 0.15) is 26.3 Å². The molecule has 0 aliphatic heterocycles. The van der Waals surface area contributed by atoms with E-state index in [0.29, 0.717) is 12.5 Å². The Morgan fingerprint density at radius 3 is 2.39 bits per heavy atom. The van der Waals surface area contributed by atoms with Crippen molar-refractivity contribution in [1.29, 1.82) is 0 Å². The van der Waals surface area contributed by atoms with Gasteiger partial charge in [-0.1, -0.05) is 20.8 Å². The van der Waals surface area contributed by atoms with Crippen LogP contribution in [0, 0.1) is 0 Å². The molecule has 0 fully saturated rings. The third-order valence-corrected chi connectivity index (χ3v) is 8.51. The lowest BCUT2D eigenvalue weighted by Crippen LogP contribution is -2.40. The average molecular weight is 332 g/mol. The highest BCUT2D eigenvalue weighted by Gasteiger charge is 2.37. The van der Waals surface area contributed by atoms with Crippen LogP contribution in [0.4, 0.5) is 0 Å². The Labute approximate surface area is 119 Å². The molecule has 3 nitrogen and oxygen atoms in total. The number of halogens is 1. The highest BCUT2D eigenvalue weighted by atomic mass is 79.9. The number of ether oxygens (including phenoxy) is 1. The second kappa shape index (κ2) is 5.71. The Morgan fingerprint density at radius 2 is 1.94 bits per heavy atom. The van der Waals surface area contributed by atoms with Gasteiger partial charge in [0.05, 0.1) is 18.2 Å². The van der Waals surface area contributed by atoms with E-state index < -0.39 is 8.32 Å². The van der Waals surface area contributed by atoms with Crippen LogP contribution < -0.4 is 4.74 Å². The first-order valence-corrected chi connectivity index (χ1v) is 9.70. The van der Waals surface area contributed by atoms with Crippen LogP contribution in [0.3, 0.4) is 0 Å². The molecule has 0 bridgehead atoms. The van der Waals surface area contributed by atoms with Crippen molar-refractivity contribution >= 4 is 24.2 Å². The van der Waals surface area contributed by atoms with Gasteiger partial charge in [0.25, 0.3) is 0 Å². The highest BCUT2D eigenvalue weighted by molar-refractivity contribution is 9.10. The van der Waals surface area contributed by atoms with Gasteiger partial charge < -0.3 is 9.16 Å². The maximum absolute atomic E-state index is 6.15. The third-order valence-electron chi connectivity index (χ3n) is 3.46. The van der Waals surface area contributed by atoms with Crippen LogP contribution in [0.2, 0.25) is 18.1 Å². The van der Waals surface area contributed by atoms with Gasteiger partial charge in [0.2, 0.25) is 5.88 Å². The molecule has 0 aromatic carbocycles. The van der Waals surface area contributed by atoms with Crippen LogP contribution in [0.25, 0.3) is 0 Å². The van der Waals surface area contributed by atoms with Gasteiger partial charge >= 0.3 is 0 Å². The Kier molecular flexibility index (Phi) is 4.97. The fourth-order valence-corrected chi connectivity index (χ4v) is 2.69. The summed E-state index contributed by atoms with van der Waals surface area (Å²) in [5, 5.41) is 0.226. The van der Waals surface area contributed by atoms with E-state index in [4.69, 9.17) is 9.16 Å². The summed E-state index contributed by atoms with van der Waals surface area (Å²) in [6.07, 6.45) is 1.80. The first-order chi connectivity index (χ1) is 8.17. The summed E-state index contributed by atoms with van der Waals surface area (Å²) < 4.78 is 12.1. The molecule has 0 saturated carbocycles. The molecule has 0 unspecified atom stereocenters. The summed E-state index contributed by atoms with van der Waals surface area (Å²) in [5.74, 6) is 0.603. The summed E-state index contributed by atoms with van der Waals surface area (Å²) >= 11 is 3.44. The maximum atomic E-state index is 6.15. The molecule has 1 aromatic rings. The lowest BCUT2D eigenvalue weighted by molar-refractivity contribution is 0.275. The van der Waals surface area contributed by atoms with E-state index in [1.165, 1.54) is 0 Å². The zero-order valence-electron chi connectivity index (χ0n) is 12.0. The summed E-state index contributed by atoms with van der Waals surface area (Å²) in [5.41, 5.74) is 1.06. The second-order valence-electron chi connectivity index (χ2n) is 5.88. The van der Waals surface area contributed by atoms with Gasteiger partial charge in [0.1, 0.15) is 0 Å². The summed E-state index contributed by atoms with van der Waals surface area (Å²) in [7, 11) is -0.0913. The summed E-state index contributed by atoms with van der Waals surface area (Å²) in [4.78, 5) is 4.23. The van der Waals surface area contributed by atoms with E-state index in [0.717, 1.165) is 10.0 Å². The molecule has 0 amide bonds.